The SMILES string of the molecule is N#Cc1ccccc1NC(=O)COc1cccc(I)c1. The van der Waals surface area contributed by atoms with E-state index in [2.05, 4.69) is 27.9 Å². The minimum atomic E-state index is -0.299. The first-order valence-electron chi connectivity index (χ1n) is 5.86. The van der Waals surface area contributed by atoms with Crippen molar-refractivity contribution >= 4 is 34.2 Å². The van der Waals surface area contributed by atoms with Crippen LogP contribution < -0.4 is 10.1 Å². The second-order valence-electron chi connectivity index (χ2n) is 3.95. The molecule has 4 nitrogen and oxygen atoms in total. The van der Waals surface area contributed by atoms with Gasteiger partial charge in [-0.1, -0.05) is 18.2 Å². The second kappa shape index (κ2) is 6.91. The second-order valence-corrected chi connectivity index (χ2v) is 5.20. The van der Waals surface area contributed by atoms with Crippen LogP contribution in [0.15, 0.2) is 48.5 Å². The Morgan fingerprint density at radius 3 is 2.80 bits per heavy atom. The smallest absolute Gasteiger partial charge is 0.262 e. The molecule has 0 aromatic heterocycles. The van der Waals surface area contributed by atoms with Crippen molar-refractivity contribution < 1.29 is 9.53 Å². The third-order valence-electron chi connectivity index (χ3n) is 2.49. The lowest BCUT2D eigenvalue weighted by molar-refractivity contribution is -0.118. The van der Waals surface area contributed by atoms with Gasteiger partial charge in [-0.25, -0.2) is 0 Å². The molecule has 0 atom stereocenters. The summed E-state index contributed by atoms with van der Waals surface area (Å²) in [6.45, 7) is -0.0974. The fourth-order valence-electron chi connectivity index (χ4n) is 1.58. The summed E-state index contributed by atoms with van der Waals surface area (Å²) >= 11 is 2.17. The Morgan fingerprint density at radius 1 is 1.25 bits per heavy atom. The van der Waals surface area contributed by atoms with Crippen LogP contribution in [0.5, 0.6) is 5.75 Å². The number of ether oxygens (including phenoxy) is 1. The Hall–Kier alpha value is -2.07. The Bertz CT molecular complexity index is 665. The molecular formula is C15H11IN2O2. The van der Waals surface area contributed by atoms with Crippen LogP contribution in [0.3, 0.4) is 0 Å². The highest BCUT2D eigenvalue weighted by Crippen LogP contribution is 2.16. The maximum Gasteiger partial charge on any atom is 0.262 e. The van der Waals surface area contributed by atoms with Gasteiger partial charge in [0.15, 0.2) is 6.61 Å². The number of amides is 1. The average Bonchev–Trinajstić information content (AvgIpc) is 2.46. The van der Waals surface area contributed by atoms with Crippen LogP contribution in [-0.2, 0) is 4.79 Å². The maximum atomic E-state index is 11.8. The van der Waals surface area contributed by atoms with Gasteiger partial charge in [0, 0.05) is 3.57 Å². The van der Waals surface area contributed by atoms with E-state index in [1.54, 1.807) is 30.3 Å². The number of nitrogens with one attached hydrogen (secondary N) is 1. The van der Waals surface area contributed by atoms with E-state index in [-0.39, 0.29) is 12.5 Å². The number of para-hydroxylation sites is 1. The molecule has 1 N–H and O–H groups in total. The first-order chi connectivity index (χ1) is 9.69. The van der Waals surface area contributed by atoms with Crippen LogP contribution >= 0.6 is 22.6 Å². The fourth-order valence-corrected chi connectivity index (χ4v) is 2.10. The number of anilines is 1. The van der Waals surface area contributed by atoms with E-state index in [1.807, 2.05) is 24.3 Å². The number of carbonyl (C=O) groups is 1. The molecule has 0 aliphatic carbocycles. The van der Waals surface area contributed by atoms with Crippen molar-refractivity contribution in [2.45, 2.75) is 0 Å². The highest BCUT2D eigenvalue weighted by Gasteiger charge is 2.07. The van der Waals surface area contributed by atoms with Crippen molar-refractivity contribution in [1.82, 2.24) is 0 Å². The zero-order valence-electron chi connectivity index (χ0n) is 10.5. The Balaban J connectivity index is 1.95. The number of nitriles is 1. The third-order valence-corrected chi connectivity index (χ3v) is 3.16. The monoisotopic (exact) mass is 378 g/mol. The highest BCUT2D eigenvalue weighted by atomic mass is 127. The van der Waals surface area contributed by atoms with Crippen molar-refractivity contribution in [2.75, 3.05) is 11.9 Å². The quantitative estimate of drug-likeness (QED) is 0.832. The first kappa shape index (κ1) is 14.3. The molecule has 0 unspecified atom stereocenters. The van der Waals surface area contributed by atoms with E-state index >= 15 is 0 Å². The molecule has 0 spiro atoms. The zero-order valence-corrected chi connectivity index (χ0v) is 12.6. The van der Waals surface area contributed by atoms with E-state index in [1.165, 1.54) is 0 Å². The van der Waals surface area contributed by atoms with Crippen LogP contribution in [0, 0.1) is 14.9 Å². The standard InChI is InChI=1S/C15H11IN2O2/c16-12-5-3-6-13(8-12)20-10-15(19)18-14-7-2-1-4-11(14)9-17/h1-8H,10H2,(H,18,19). The van der Waals surface area contributed by atoms with Gasteiger partial charge in [0.2, 0.25) is 0 Å². The third kappa shape index (κ3) is 3.96. The molecule has 2 rings (SSSR count). The number of hydrogen-bond donors (Lipinski definition) is 1. The van der Waals surface area contributed by atoms with E-state index < -0.39 is 0 Å². The normalized spacial score (nSPS) is 9.60. The van der Waals surface area contributed by atoms with E-state index in [9.17, 15) is 4.79 Å². The topological polar surface area (TPSA) is 62.1 Å². The number of benzene rings is 2. The van der Waals surface area contributed by atoms with Crippen molar-refractivity contribution in [3.63, 3.8) is 0 Å². The van der Waals surface area contributed by atoms with Gasteiger partial charge in [0.25, 0.3) is 5.91 Å². The molecule has 0 aliphatic rings. The number of nitrogens with zero attached hydrogens (tertiary/aromatic N) is 1. The number of halogens is 1. The van der Waals surface area contributed by atoms with Crippen LogP contribution in [0.25, 0.3) is 0 Å². The lowest BCUT2D eigenvalue weighted by atomic mass is 10.2. The highest BCUT2D eigenvalue weighted by molar-refractivity contribution is 14.1. The predicted molar refractivity (Wildman–Crippen MR) is 84.4 cm³/mol. The van der Waals surface area contributed by atoms with Gasteiger partial charge < -0.3 is 10.1 Å². The van der Waals surface area contributed by atoms with E-state index in [0.29, 0.717) is 17.0 Å². The molecule has 1 amide bonds. The summed E-state index contributed by atoms with van der Waals surface area (Å²) in [5.41, 5.74) is 0.918. The van der Waals surface area contributed by atoms with Crippen LogP contribution in [-0.4, -0.2) is 12.5 Å². The number of rotatable bonds is 4. The fraction of sp³-hybridized carbons (Fsp3) is 0.0667. The van der Waals surface area contributed by atoms with Gasteiger partial charge in [-0.05, 0) is 52.9 Å². The molecular weight excluding hydrogens is 367 g/mol. The molecule has 0 bridgehead atoms. The van der Waals surface area contributed by atoms with Crippen molar-refractivity contribution in [1.29, 1.82) is 5.26 Å². The van der Waals surface area contributed by atoms with Gasteiger partial charge >= 0.3 is 0 Å². The van der Waals surface area contributed by atoms with Crippen molar-refractivity contribution in [3.05, 3.63) is 57.7 Å². The summed E-state index contributed by atoms with van der Waals surface area (Å²) in [6, 6.07) is 16.3. The molecule has 2 aromatic rings. The summed E-state index contributed by atoms with van der Waals surface area (Å²) in [5.74, 6) is 0.340. The van der Waals surface area contributed by atoms with Crippen LogP contribution in [0.2, 0.25) is 0 Å². The van der Waals surface area contributed by atoms with Crippen LogP contribution in [0.1, 0.15) is 5.56 Å². The summed E-state index contributed by atoms with van der Waals surface area (Å²) in [4.78, 5) is 11.8. The molecule has 100 valence electrons. The Labute approximate surface area is 130 Å². The molecule has 0 fully saturated rings. The maximum absolute atomic E-state index is 11.8. The molecule has 0 radical (unpaired) electrons. The Kier molecular flexibility index (Phi) is 4.96. The lowest BCUT2D eigenvalue weighted by Gasteiger charge is -2.08. The van der Waals surface area contributed by atoms with E-state index in [0.717, 1.165) is 3.57 Å². The lowest BCUT2D eigenvalue weighted by Crippen LogP contribution is -2.20. The minimum Gasteiger partial charge on any atom is -0.484 e. The predicted octanol–water partition coefficient (Wildman–Crippen LogP) is 3.18. The molecule has 5 heteroatoms. The van der Waals surface area contributed by atoms with Gasteiger partial charge in [-0.3, -0.25) is 4.79 Å². The van der Waals surface area contributed by atoms with Crippen LogP contribution in [0.4, 0.5) is 5.69 Å². The zero-order chi connectivity index (χ0) is 14.4. The van der Waals surface area contributed by atoms with Crippen molar-refractivity contribution in [3.8, 4) is 11.8 Å². The molecule has 0 aliphatic heterocycles. The summed E-state index contributed by atoms with van der Waals surface area (Å²) in [7, 11) is 0. The minimum absolute atomic E-state index is 0.0974. The molecule has 2 aromatic carbocycles. The van der Waals surface area contributed by atoms with E-state index in [4.69, 9.17) is 10.00 Å². The Morgan fingerprint density at radius 2 is 2.05 bits per heavy atom. The van der Waals surface area contributed by atoms with Gasteiger partial charge in [-0.2, -0.15) is 5.26 Å². The largest absolute Gasteiger partial charge is 0.484 e. The molecule has 0 saturated carbocycles. The molecule has 0 heterocycles. The van der Waals surface area contributed by atoms with Gasteiger partial charge in [0.1, 0.15) is 11.8 Å². The van der Waals surface area contributed by atoms with Gasteiger partial charge in [-0.15, -0.1) is 0 Å². The molecule has 0 saturated heterocycles. The van der Waals surface area contributed by atoms with Crippen molar-refractivity contribution in [2.24, 2.45) is 0 Å². The number of carbonyl (C=O) groups excluding carboxylic acids is 1. The summed E-state index contributed by atoms with van der Waals surface area (Å²) in [5, 5.41) is 11.6. The number of hydrogen-bond acceptors (Lipinski definition) is 3. The summed E-state index contributed by atoms with van der Waals surface area (Å²) < 4.78 is 6.43. The average molecular weight is 378 g/mol. The first-order valence-corrected chi connectivity index (χ1v) is 6.94. The van der Waals surface area contributed by atoms with Gasteiger partial charge in [0.05, 0.1) is 11.3 Å². The summed E-state index contributed by atoms with van der Waals surface area (Å²) in [6.07, 6.45) is 0. The molecule has 20 heavy (non-hydrogen) atoms.